The molecule has 4 heteroatoms. The van der Waals surface area contributed by atoms with E-state index in [1.807, 2.05) is 13.0 Å². The Morgan fingerprint density at radius 1 is 1.64 bits per heavy atom. The van der Waals surface area contributed by atoms with Gasteiger partial charge in [0.05, 0.1) is 11.4 Å². The third-order valence-corrected chi connectivity index (χ3v) is 1.74. The second-order valence-corrected chi connectivity index (χ2v) is 3.11. The molecule has 0 fully saturated rings. The molecule has 0 saturated carbocycles. The highest BCUT2D eigenvalue weighted by atomic mass is 32.2. The number of hydrogen-bond acceptors (Lipinski definition) is 3. The molecular formula is C7H8NO2S-. The fourth-order valence-electron chi connectivity index (χ4n) is 0.801. The predicted octanol–water partition coefficient (Wildman–Crippen LogP) is 0.769. The van der Waals surface area contributed by atoms with Gasteiger partial charge < -0.3 is 4.55 Å². The number of nitrogens with zero attached hydrogens (tertiary/aromatic N) is 1. The van der Waals surface area contributed by atoms with E-state index in [-0.39, 0.29) is 5.75 Å². The van der Waals surface area contributed by atoms with Crippen LogP contribution in [0.5, 0.6) is 0 Å². The lowest BCUT2D eigenvalue weighted by Gasteiger charge is -2.03. The molecule has 1 unspecified atom stereocenters. The van der Waals surface area contributed by atoms with Crippen molar-refractivity contribution in [1.29, 1.82) is 0 Å². The molecule has 0 spiro atoms. The van der Waals surface area contributed by atoms with Gasteiger partial charge in [-0.3, -0.25) is 9.19 Å². The minimum Gasteiger partial charge on any atom is -0.772 e. The van der Waals surface area contributed by atoms with Crippen LogP contribution in [-0.2, 0) is 16.8 Å². The Morgan fingerprint density at radius 3 is 2.91 bits per heavy atom. The van der Waals surface area contributed by atoms with E-state index in [9.17, 15) is 8.76 Å². The van der Waals surface area contributed by atoms with E-state index in [2.05, 4.69) is 4.98 Å². The zero-order valence-corrected chi connectivity index (χ0v) is 6.93. The third-order valence-electron chi connectivity index (χ3n) is 1.21. The van der Waals surface area contributed by atoms with Crippen LogP contribution in [0.25, 0.3) is 0 Å². The SMILES string of the molecule is Cc1cccc(CS(=O)[O-])n1. The molecule has 1 aromatic rings. The molecule has 3 nitrogen and oxygen atoms in total. The topological polar surface area (TPSA) is 53.0 Å². The first-order valence-corrected chi connectivity index (χ1v) is 4.41. The Balaban J connectivity index is 2.79. The number of aromatic nitrogens is 1. The van der Waals surface area contributed by atoms with Gasteiger partial charge in [0.1, 0.15) is 0 Å². The quantitative estimate of drug-likeness (QED) is 0.616. The first kappa shape index (κ1) is 8.36. The maximum atomic E-state index is 10.2. The van der Waals surface area contributed by atoms with E-state index < -0.39 is 11.1 Å². The van der Waals surface area contributed by atoms with Crippen LogP contribution in [0.3, 0.4) is 0 Å². The highest BCUT2D eigenvalue weighted by Crippen LogP contribution is 1.99. The lowest BCUT2D eigenvalue weighted by Crippen LogP contribution is -1.96. The molecule has 0 aliphatic heterocycles. The average Bonchev–Trinajstić information content (AvgIpc) is 1.85. The summed E-state index contributed by atoms with van der Waals surface area (Å²) in [6, 6.07) is 5.32. The van der Waals surface area contributed by atoms with Gasteiger partial charge in [0.2, 0.25) is 0 Å². The Kier molecular flexibility index (Phi) is 2.73. The summed E-state index contributed by atoms with van der Waals surface area (Å²) in [5.41, 5.74) is 1.44. The zero-order chi connectivity index (χ0) is 8.27. The zero-order valence-electron chi connectivity index (χ0n) is 6.11. The van der Waals surface area contributed by atoms with Crippen molar-refractivity contribution in [2.24, 2.45) is 0 Å². The van der Waals surface area contributed by atoms with Crippen molar-refractivity contribution in [3.63, 3.8) is 0 Å². The molecule has 11 heavy (non-hydrogen) atoms. The maximum Gasteiger partial charge on any atom is 0.0526 e. The molecule has 0 amide bonds. The number of aryl methyl sites for hydroxylation is 1. The highest BCUT2D eigenvalue weighted by molar-refractivity contribution is 7.78. The molecule has 1 rings (SSSR count). The molecule has 0 bridgehead atoms. The lowest BCUT2D eigenvalue weighted by atomic mass is 10.3. The summed E-state index contributed by atoms with van der Waals surface area (Å²) in [6.45, 7) is 1.83. The van der Waals surface area contributed by atoms with Crippen molar-refractivity contribution in [2.45, 2.75) is 12.7 Å². The van der Waals surface area contributed by atoms with Crippen molar-refractivity contribution in [3.8, 4) is 0 Å². The first-order valence-electron chi connectivity index (χ1n) is 3.17. The molecular weight excluding hydrogens is 162 g/mol. The second-order valence-electron chi connectivity index (χ2n) is 2.22. The summed E-state index contributed by atoms with van der Waals surface area (Å²) in [5.74, 6) is 0.00167. The van der Waals surface area contributed by atoms with Crippen LogP contribution in [0.2, 0.25) is 0 Å². The minimum absolute atomic E-state index is 0.00167. The van der Waals surface area contributed by atoms with Crippen LogP contribution in [0.1, 0.15) is 11.4 Å². The lowest BCUT2D eigenvalue weighted by molar-refractivity contribution is 0.535. The highest BCUT2D eigenvalue weighted by Gasteiger charge is 1.92. The molecule has 0 radical (unpaired) electrons. The summed E-state index contributed by atoms with van der Waals surface area (Å²) in [4.78, 5) is 4.02. The largest absolute Gasteiger partial charge is 0.772 e. The standard InChI is InChI=1S/C7H9NO2S/c1-6-3-2-4-7(8-6)5-11(9)10/h2-4H,5H2,1H3,(H,9,10)/p-1. The minimum atomic E-state index is -2.04. The van der Waals surface area contributed by atoms with Gasteiger partial charge in [-0.1, -0.05) is 6.07 Å². The van der Waals surface area contributed by atoms with Gasteiger partial charge in [-0.2, -0.15) is 0 Å². The van der Waals surface area contributed by atoms with Gasteiger partial charge in [0.15, 0.2) is 0 Å². The van der Waals surface area contributed by atoms with Crippen molar-refractivity contribution in [1.82, 2.24) is 4.98 Å². The van der Waals surface area contributed by atoms with Crippen LogP contribution >= 0.6 is 0 Å². The monoisotopic (exact) mass is 170 g/mol. The molecule has 1 atom stereocenters. The van der Waals surface area contributed by atoms with Crippen molar-refractivity contribution in [2.75, 3.05) is 0 Å². The molecule has 60 valence electrons. The van der Waals surface area contributed by atoms with E-state index in [1.54, 1.807) is 12.1 Å². The Hall–Kier alpha value is -0.740. The predicted molar refractivity (Wildman–Crippen MR) is 41.6 cm³/mol. The van der Waals surface area contributed by atoms with E-state index in [1.165, 1.54) is 0 Å². The molecule has 0 N–H and O–H groups in total. The summed E-state index contributed by atoms with van der Waals surface area (Å²) in [7, 11) is 0. The van der Waals surface area contributed by atoms with Gasteiger partial charge in [0, 0.05) is 5.69 Å². The third kappa shape index (κ3) is 2.78. The first-order chi connectivity index (χ1) is 5.18. The van der Waals surface area contributed by atoms with E-state index in [0.717, 1.165) is 5.69 Å². The average molecular weight is 170 g/mol. The number of pyridine rings is 1. The van der Waals surface area contributed by atoms with Crippen molar-refractivity contribution in [3.05, 3.63) is 29.6 Å². The van der Waals surface area contributed by atoms with Gasteiger partial charge >= 0.3 is 0 Å². The van der Waals surface area contributed by atoms with Crippen LogP contribution in [0, 0.1) is 6.92 Å². The van der Waals surface area contributed by atoms with E-state index in [4.69, 9.17) is 0 Å². The molecule has 0 aromatic carbocycles. The molecule has 0 saturated heterocycles. The van der Waals surface area contributed by atoms with Gasteiger partial charge in [-0.05, 0) is 30.1 Å². The fourth-order valence-corrected chi connectivity index (χ4v) is 1.20. The Labute approximate surface area is 67.8 Å². The molecule has 1 heterocycles. The normalized spacial score (nSPS) is 12.9. The summed E-state index contributed by atoms with van der Waals surface area (Å²) in [6.07, 6.45) is 0. The molecule has 0 aliphatic carbocycles. The van der Waals surface area contributed by atoms with Crippen LogP contribution < -0.4 is 0 Å². The van der Waals surface area contributed by atoms with Gasteiger partial charge in [0.25, 0.3) is 0 Å². The second kappa shape index (κ2) is 3.59. The fraction of sp³-hybridized carbons (Fsp3) is 0.286. The van der Waals surface area contributed by atoms with Crippen LogP contribution in [-0.4, -0.2) is 13.7 Å². The van der Waals surface area contributed by atoms with Crippen molar-refractivity contribution < 1.29 is 8.76 Å². The summed E-state index contributed by atoms with van der Waals surface area (Å²) >= 11 is -2.04. The smallest absolute Gasteiger partial charge is 0.0526 e. The number of rotatable bonds is 2. The number of hydrogen-bond donors (Lipinski definition) is 0. The van der Waals surface area contributed by atoms with E-state index >= 15 is 0 Å². The Morgan fingerprint density at radius 2 is 2.36 bits per heavy atom. The molecule has 0 aliphatic rings. The summed E-state index contributed by atoms with van der Waals surface area (Å²) < 4.78 is 20.5. The van der Waals surface area contributed by atoms with E-state index in [0.29, 0.717) is 5.69 Å². The maximum absolute atomic E-state index is 10.2. The Bertz CT molecular complexity index is 275. The molecule has 1 aromatic heterocycles. The van der Waals surface area contributed by atoms with Crippen LogP contribution in [0.15, 0.2) is 18.2 Å². The van der Waals surface area contributed by atoms with Crippen LogP contribution in [0.4, 0.5) is 0 Å². The summed E-state index contributed by atoms with van der Waals surface area (Å²) in [5, 5.41) is 0. The van der Waals surface area contributed by atoms with Gasteiger partial charge in [-0.15, -0.1) is 0 Å². The van der Waals surface area contributed by atoms with Crippen molar-refractivity contribution >= 4 is 11.1 Å². The van der Waals surface area contributed by atoms with Gasteiger partial charge in [-0.25, -0.2) is 0 Å².